The van der Waals surface area contributed by atoms with E-state index in [-0.39, 0.29) is 31.0 Å². The number of amides is 2. The molecule has 0 radical (unpaired) electrons. The van der Waals surface area contributed by atoms with Crippen LogP contribution < -0.4 is 10.6 Å². The largest absolute Gasteiger partial charge is 0.463 e. The third-order valence-corrected chi connectivity index (χ3v) is 3.19. The van der Waals surface area contributed by atoms with E-state index in [0.717, 1.165) is 4.90 Å². The summed E-state index contributed by atoms with van der Waals surface area (Å²) in [6.45, 7) is 4.00. The van der Waals surface area contributed by atoms with Gasteiger partial charge in [-0.2, -0.15) is 13.2 Å². The Kier molecular flexibility index (Phi) is 6.86. The van der Waals surface area contributed by atoms with Crippen LogP contribution in [0.3, 0.4) is 0 Å². The molecule has 1 aliphatic rings. The Hall–Kier alpha value is -1.77. The summed E-state index contributed by atoms with van der Waals surface area (Å²) in [4.78, 5) is 24.8. The topological polar surface area (TPSA) is 70.7 Å². The molecule has 2 N–H and O–H groups in total. The number of carbonyl (C=O) groups excluding carboxylic acids is 2. The molecule has 0 aromatic rings. The third kappa shape index (κ3) is 6.09. The van der Waals surface area contributed by atoms with Crippen LogP contribution in [0.1, 0.15) is 27.2 Å². The monoisotopic (exact) mass is 337 g/mol. The number of halogens is 3. The molecule has 0 saturated heterocycles. The number of nitrogens with zero attached hydrogens (tertiary/aromatic N) is 1. The van der Waals surface area contributed by atoms with E-state index in [2.05, 4.69) is 10.6 Å². The van der Waals surface area contributed by atoms with E-state index in [1.165, 1.54) is 0 Å². The number of rotatable bonds is 7. The first kappa shape index (κ1) is 19.3. The second-order valence-corrected chi connectivity index (χ2v) is 5.26. The van der Waals surface area contributed by atoms with Crippen LogP contribution in [0.15, 0.2) is 11.3 Å². The van der Waals surface area contributed by atoms with Crippen LogP contribution in [0.25, 0.3) is 0 Å². The van der Waals surface area contributed by atoms with Crippen molar-refractivity contribution < 1.29 is 27.5 Å². The first-order chi connectivity index (χ1) is 10.7. The third-order valence-electron chi connectivity index (χ3n) is 3.19. The van der Waals surface area contributed by atoms with Crippen LogP contribution >= 0.6 is 0 Å². The lowest BCUT2D eigenvalue weighted by Crippen LogP contribution is -2.51. The number of hydrogen-bond acceptors (Lipinski definition) is 4. The van der Waals surface area contributed by atoms with Gasteiger partial charge in [-0.3, -0.25) is 4.90 Å². The quantitative estimate of drug-likeness (QED) is 0.695. The molecule has 1 aliphatic heterocycles. The van der Waals surface area contributed by atoms with Gasteiger partial charge < -0.3 is 15.4 Å². The van der Waals surface area contributed by atoms with Crippen molar-refractivity contribution in [3.8, 4) is 0 Å². The lowest BCUT2D eigenvalue weighted by Gasteiger charge is -2.30. The molecule has 0 saturated carbocycles. The lowest BCUT2D eigenvalue weighted by atomic mass is 10.0. The Morgan fingerprint density at radius 3 is 2.52 bits per heavy atom. The van der Waals surface area contributed by atoms with Gasteiger partial charge in [0, 0.05) is 12.2 Å². The van der Waals surface area contributed by atoms with Crippen LogP contribution in [-0.2, 0) is 9.53 Å². The minimum atomic E-state index is -4.36. The van der Waals surface area contributed by atoms with Crippen molar-refractivity contribution in [1.82, 2.24) is 15.5 Å². The summed E-state index contributed by atoms with van der Waals surface area (Å²) in [6.07, 6.45) is -3.85. The lowest BCUT2D eigenvalue weighted by molar-refractivity contribution is -0.145. The standard InChI is InChI=1S/C14H22F3N3O3/c1-4-6-20(8-14(15,16)17)7-10-11(12(21)23-5-2)9(3)18-13(22)19-10/h9H,4-8H2,1-3H3,(H2,18,19,22)/t9-/m0/s1. The fraction of sp³-hybridized carbons (Fsp3) is 0.714. The normalized spacial score (nSPS) is 18.7. The Morgan fingerprint density at radius 1 is 1.35 bits per heavy atom. The number of ether oxygens (including phenoxy) is 1. The molecule has 1 heterocycles. The molecule has 0 aromatic carbocycles. The molecule has 0 bridgehead atoms. The van der Waals surface area contributed by atoms with Crippen LogP contribution in [0, 0.1) is 0 Å². The molecule has 23 heavy (non-hydrogen) atoms. The van der Waals surface area contributed by atoms with Crippen LogP contribution in [0.5, 0.6) is 0 Å². The average Bonchev–Trinajstić information content (AvgIpc) is 2.36. The second-order valence-electron chi connectivity index (χ2n) is 5.26. The highest BCUT2D eigenvalue weighted by molar-refractivity contribution is 5.94. The summed E-state index contributed by atoms with van der Waals surface area (Å²) in [6, 6.07) is -1.18. The predicted octanol–water partition coefficient (Wildman–Crippen LogP) is 1.78. The Bertz CT molecular complexity index is 478. The van der Waals surface area contributed by atoms with Crippen molar-refractivity contribution >= 4 is 12.0 Å². The molecule has 0 fully saturated rings. The van der Waals surface area contributed by atoms with Crippen molar-refractivity contribution in [2.45, 2.75) is 39.4 Å². The van der Waals surface area contributed by atoms with Gasteiger partial charge in [-0.15, -0.1) is 0 Å². The molecule has 0 unspecified atom stereocenters. The van der Waals surface area contributed by atoms with E-state index < -0.39 is 30.8 Å². The molecule has 9 heteroatoms. The van der Waals surface area contributed by atoms with E-state index in [1.54, 1.807) is 20.8 Å². The van der Waals surface area contributed by atoms with Crippen LogP contribution in [-0.4, -0.2) is 55.4 Å². The second kappa shape index (κ2) is 8.19. The van der Waals surface area contributed by atoms with Gasteiger partial charge in [0.1, 0.15) is 0 Å². The zero-order chi connectivity index (χ0) is 17.6. The summed E-state index contributed by atoms with van der Waals surface area (Å²) >= 11 is 0. The van der Waals surface area contributed by atoms with Gasteiger partial charge in [0.2, 0.25) is 0 Å². The van der Waals surface area contributed by atoms with Crippen LogP contribution in [0.4, 0.5) is 18.0 Å². The van der Waals surface area contributed by atoms with E-state index in [0.29, 0.717) is 6.42 Å². The Morgan fingerprint density at radius 2 is 2.00 bits per heavy atom. The summed E-state index contributed by atoms with van der Waals surface area (Å²) < 4.78 is 42.9. The fourth-order valence-corrected chi connectivity index (χ4v) is 2.41. The van der Waals surface area contributed by atoms with Gasteiger partial charge >= 0.3 is 18.2 Å². The van der Waals surface area contributed by atoms with Crippen molar-refractivity contribution in [2.75, 3.05) is 26.2 Å². The number of alkyl halides is 3. The zero-order valence-corrected chi connectivity index (χ0v) is 13.4. The van der Waals surface area contributed by atoms with Gasteiger partial charge in [0.05, 0.1) is 24.8 Å². The molecule has 0 aliphatic carbocycles. The summed E-state index contributed by atoms with van der Waals surface area (Å²) in [5.41, 5.74) is 0.298. The number of nitrogens with one attached hydrogen (secondary N) is 2. The van der Waals surface area contributed by atoms with Gasteiger partial charge in [-0.1, -0.05) is 6.92 Å². The molecular formula is C14H22F3N3O3. The van der Waals surface area contributed by atoms with Gasteiger partial charge in [-0.25, -0.2) is 9.59 Å². The van der Waals surface area contributed by atoms with Gasteiger partial charge in [0.15, 0.2) is 0 Å². The van der Waals surface area contributed by atoms with Crippen molar-refractivity contribution in [3.63, 3.8) is 0 Å². The zero-order valence-electron chi connectivity index (χ0n) is 13.4. The smallest absolute Gasteiger partial charge is 0.401 e. The van der Waals surface area contributed by atoms with E-state index >= 15 is 0 Å². The molecule has 1 rings (SSSR count). The maximum absolute atomic E-state index is 12.7. The number of urea groups is 1. The minimum Gasteiger partial charge on any atom is -0.463 e. The molecular weight excluding hydrogens is 315 g/mol. The summed E-state index contributed by atoms with van der Waals surface area (Å²) in [7, 11) is 0. The SMILES string of the molecule is CCCN(CC1=C(C(=O)OCC)[C@H](C)NC(=O)N1)CC(F)(F)F. The maximum Gasteiger partial charge on any atom is 0.401 e. The van der Waals surface area contributed by atoms with Crippen molar-refractivity contribution in [2.24, 2.45) is 0 Å². The molecule has 132 valence electrons. The van der Waals surface area contributed by atoms with Gasteiger partial charge in [-0.05, 0) is 26.8 Å². The maximum atomic E-state index is 12.7. The number of hydrogen-bond donors (Lipinski definition) is 2. The highest BCUT2D eigenvalue weighted by Crippen LogP contribution is 2.20. The molecule has 0 aromatic heterocycles. The summed E-state index contributed by atoms with van der Waals surface area (Å²) in [5.74, 6) is -0.647. The highest BCUT2D eigenvalue weighted by atomic mass is 19.4. The first-order valence-corrected chi connectivity index (χ1v) is 7.44. The molecule has 1 atom stereocenters. The van der Waals surface area contributed by atoms with E-state index in [9.17, 15) is 22.8 Å². The van der Waals surface area contributed by atoms with Crippen LogP contribution in [0.2, 0.25) is 0 Å². The van der Waals surface area contributed by atoms with E-state index in [4.69, 9.17) is 4.74 Å². The number of carbonyl (C=O) groups is 2. The predicted molar refractivity (Wildman–Crippen MR) is 77.6 cm³/mol. The Balaban J connectivity index is 3.05. The average molecular weight is 337 g/mol. The molecule has 0 spiro atoms. The number of esters is 1. The minimum absolute atomic E-state index is 0.136. The fourth-order valence-electron chi connectivity index (χ4n) is 2.41. The van der Waals surface area contributed by atoms with Crippen molar-refractivity contribution in [3.05, 3.63) is 11.3 Å². The van der Waals surface area contributed by atoms with E-state index in [1.807, 2.05) is 0 Å². The Labute approximate surface area is 133 Å². The van der Waals surface area contributed by atoms with Gasteiger partial charge in [0.25, 0.3) is 0 Å². The highest BCUT2D eigenvalue weighted by Gasteiger charge is 2.34. The first-order valence-electron chi connectivity index (χ1n) is 7.44. The molecule has 6 nitrogen and oxygen atoms in total. The van der Waals surface area contributed by atoms with Crippen molar-refractivity contribution in [1.29, 1.82) is 0 Å². The molecule has 2 amide bonds. The summed E-state index contributed by atoms with van der Waals surface area (Å²) in [5, 5.41) is 4.93.